The number of aliphatic carboxylic acids is 1. The van der Waals surface area contributed by atoms with E-state index in [1.807, 2.05) is 30.3 Å². The van der Waals surface area contributed by atoms with Crippen molar-refractivity contribution in [3.63, 3.8) is 0 Å². The first-order chi connectivity index (χ1) is 15.4. The number of hydrogen-bond acceptors (Lipinski definition) is 4. The first-order valence-electron chi connectivity index (χ1n) is 10.9. The summed E-state index contributed by atoms with van der Waals surface area (Å²) in [5.41, 5.74) is 4.78. The van der Waals surface area contributed by atoms with E-state index in [-0.39, 0.29) is 0 Å². The Morgan fingerprint density at radius 1 is 1.25 bits per heavy atom. The van der Waals surface area contributed by atoms with Crippen molar-refractivity contribution in [3.8, 4) is 11.5 Å². The van der Waals surface area contributed by atoms with Crippen LogP contribution in [0.4, 0.5) is 0 Å². The molecule has 0 saturated carbocycles. The highest BCUT2D eigenvalue weighted by Crippen LogP contribution is 2.32. The zero-order chi connectivity index (χ0) is 22.7. The van der Waals surface area contributed by atoms with E-state index in [2.05, 4.69) is 37.0 Å². The molecule has 0 aliphatic carbocycles. The van der Waals surface area contributed by atoms with Crippen LogP contribution >= 0.6 is 11.6 Å². The highest BCUT2D eigenvalue weighted by Gasteiger charge is 2.20. The summed E-state index contributed by atoms with van der Waals surface area (Å²) in [4.78, 5) is 13.4. The molecule has 4 rings (SSSR count). The molecule has 0 saturated heterocycles. The minimum absolute atomic E-state index is 0.388. The van der Waals surface area contributed by atoms with E-state index in [4.69, 9.17) is 21.1 Å². The minimum Gasteiger partial charge on any atom is -0.489 e. The Morgan fingerprint density at radius 2 is 2.09 bits per heavy atom. The van der Waals surface area contributed by atoms with E-state index in [0.717, 1.165) is 51.8 Å². The van der Waals surface area contributed by atoms with Crippen molar-refractivity contribution < 1.29 is 19.4 Å². The molecule has 32 heavy (non-hydrogen) atoms. The number of rotatable bonds is 7. The molecule has 0 aromatic heterocycles. The summed E-state index contributed by atoms with van der Waals surface area (Å²) in [7, 11) is 0. The van der Waals surface area contributed by atoms with Crippen LogP contribution in [0.3, 0.4) is 0 Å². The lowest BCUT2D eigenvalue weighted by Crippen LogP contribution is -2.34. The predicted molar refractivity (Wildman–Crippen MR) is 127 cm³/mol. The predicted octanol–water partition coefficient (Wildman–Crippen LogP) is 5.53. The van der Waals surface area contributed by atoms with Crippen LogP contribution in [0.15, 0.2) is 53.6 Å². The van der Waals surface area contributed by atoms with Crippen molar-refractivity contribution in [2.75, 3.05) is 26.2 Å². The molecule has 2 aromatic rings. The van der Waals surface area contributed by atoms with E-state index in [1.165, 1.54) is 0 Å². The average molecular weight is 454 g/mol. The second kappa shape index (κ2) is 9.80. The minimum atomic E-state index is -0.834. The first-order valence-corrected chi connectivity index (χ1v) is 11.3. The fourth-order valence-corrected chi connectivity index (χ4v) is 4.47. The monoisotopic (exact) mass is 453 g/mol. The number of carboxylic acids is 1. The third kappa shape index (κ3) is 5.34. The average Bonchev–Trinajstić information content (AvgIpc) is 2.77. The van der Waals surface area contributed by atoms with Crippen LogP contribution in [0.25, 0.3) is 6.08 Å². The van der Waals surface area contributed by atoms with Gasteiger partial charge in [0.05, 0.1) is 0 Å². The van der Waals surface area contributed by atoms with Crippen molar-refractivity contribution >= 4 is 23.6 Å². The first kappa shape index (κ1) is 22.4. The third-order valence-electron chi connectivity index (χ3n) is 5.78. The number of carbonyl (C=O) groups is 1. The molecule has 5 nitrogen and oxygen atoms in total. The maximum atomic E-state index is 11.2. The van der Waals surface area contributed by atoms with Crippen molar-refractivity contribution in [1.29, 1.82) is 0 Å². The fourth-order valence-electron chi connectivity index (χ4n) is 4.05. The third-order valence-corrected chi connectivity index (χ3v) is 6.11. The van der Waals surface area contributed by atoms with Crippen molar-refractivity contribution in [1.82, 2.24) is 4.90 Å². The summed E-state index contributed by atoms with van der Waals surface area (Å²) in [6, 6.07) is 11.9. The van der Waals surface area contributed by atoms with Gasteiger partial charge in [0.2, 0.25) is 0 Å². The number of ether oxygens (including phenoxy) is 2. The van der Waals surface area contributed by atoms with Gasteiger partial charge in [0, 0.05) is 41.9 Å². The van der Waals surface area contributed by atoms with Gasteiger partial charge in [-0.3, -0.25) is 4.90 Å². The van der Waals surface area contributed by atoms with Gasteiger partial charge < -0.3 is 14.6 Å². The molecule has 168 valence electrons. The normalized spacial score (nSPS) is 16.1. The van der Waals surface area contributed by atoms with E-state index in [1.54, 1.807) is 0 Å². The maximum absolute atomic E-state index is 11.2. The molecule has 6 heteroatoms. The molecule has 0 spiro atoms. The quantitative estimate of drug-likeness (QED) is 0.596. The number of fused-ring (bicyclic) bond motifs is 1. The molecule has 2 aliphatic heterocycles. The van der Waals surface area contributed by atoms with E-state index >= 15 is 0 Å². The Hall–Kier alpha value is -2.76. The molecule has 0 unspecified atom stereocenters. The highest BCUT2D eigenvalue weighted by atomic mass is 35.5. The van der Waals surface area contributed by atoms with Crippen molar-refractivity contribution in [2.45, 2.75) is 32.8 Å². The molecule has 0 fully saturated rings. The van der Waals surface area contributed by atoms with Crippen LogP contribution in [0, 0.1) is 0 Å². The number of benzene rings is 2. The van der Waals surface area contributed by atoms with Gasteiger partial charge in [-0.1, -0.05) is 43.7 Å². The number of hydrogen-bond donors (Lipinski definition) is 1. The largest absolute Gasteiger partial charge is 0.489 e. The Bertz CT molecular complexity index is 1070. The number of halogens is 1. The summed E-state index contributed by atoms with van der Waals surface area (Å²) in [6.07, 6.45) is 4.71. The van der Waals surface area contributed by atoms with Gasteiger partial charge in [0.1, 0.15) is 24.7 Å². The molecular weight excluding hydrogens is 426 g/mol. The van der Waals surface area contributed by atoms with E-state index < -0.39 is 5.97 Å². The lowest BCUT2D eigenvalue weighted by molar-refractivity contribution is -0.133. The van der Waals surface area contributed by atoms with Crippen LogP contribution in [0.5, 0.6) is 11.5 Å². The summed E-state index contributed by atoms with van der Waals surface area (Å²) in [5, 5.41) is 10.00. The SMILES string of the molecule is CC(C)c1ccc(COc2ccc3c(c2)OCC(CN2CCC=C(C(=O)O)C2)=C3)cc1Cl. The molecule has 1 N–H and O–H groups in total. The van der Waals surface area contributed by atoms with Crippen LogP contribution in [-0.4, -0.2) is 42.2 Å². The zero-order valence-corrected chi connectivity index (χ0v) is 19.2. The molecule has 2 aliphatic rings. The van der Waals surface area contributed by atoms with Gasteiger partial charge >= 0.3 is 5.97 Å². The number of nitrogens with zero attached hydrogens (tertiary/aromatic N) is 1. The van der Waals surface area contributed by atoms with Crippen molar-refractivity contribution in [2.24, 2.45) is 0 Å². The number of carboxylic acid groups (broad SMARTS) is 1. The topological polar surface area (TPSA) is 59.0 Å². The van der Waals surface area contributed by atoms with Gasteiger partial charge in [0.25, 0.3) is 0 Å². The van der Waals surface area contributed by atoms with Gasteiger partial charge in [-0.05, 0) is 53.3 Å². The molecule has 2 aromatic carbocycles. The summed E-state index contributed by atoms with van der Waals surface area (Å²) < 4.78 is 11.9. The Kier molecular flexibility index (Phi) is 6.87. The fraction of sp³-hybridized carbons (Fsp3) is 0.346. The van der Waals surface area contributed by atoms with Gasteiger partial charge in [-0.15, -0.1) is 0 Å². The van der Waals surface area contributed by atoms with Gasteiger partial charge in [-0.2, -0.15) is 0 Å². The molecular formula is C26H28ClNO4. The van der Waals surface area contributed by atoms with Gasteiger partial charge in [0.15, 0.2) is 0 Å². The molecule has 2 heterocycles. The van der Waals surface area contributed by atoms with Crippen LogP contribution < -0.4 is 9.47 Å². The summed E-state index contributed by atoms with van der Waals surface area (Å²) in [5.74, 6) is 1.10. The van der Waals surface area contributed by atoms with Gasteiger partial charge in [-0.25, -0.2) is 4.79 Å². The standard InChI is InChI=1S/C26H28ClNO4/c1-17(2)23-8-5-18(11-24(23)27)15-31-22-7-6-20-10-19(16-32-25(20)12-22)13-28-9-3-4-21(14-28)26(29)30/h4-8,10-12,17H,3,9,13-16H2,1-2H3,(H,29,30). The molecule has 0 atom stereocenters. The Morgan fingerprint density at radius 3 is 2.84 bits per heavy atom. The van der Waals surface area contributed by atoms with E-state index in [9.17, 15) is 9.90 Å². The smallest absolute Gasteiger partial charge is 0.332 e. The lowest BCUT2D eigenvalue weighted by Gasteiger charge is -2.28. The van der Waals surface area contributed by atoms with Crippen LogP contribution in [0.1, 0.15) is 42.9 Å². The molecule has 0 bridgehead atoms. The Labute approximate surface area is 193 Å². The second-order valence-electron chi connectivity index (χ2n) is 8.62. The Balaban J connectivity index is 1.38. The lowest BCUT2D eigenvalue weighted by atomic mass is 10.0. The second-order valence-corrected chi connectivity index (χ2v) is 9.03. The summed E-state index contributed by atoms with van der Waals surface area (Å²) >= 11 is 6.39. The van der Waals surface area contributed by atoms with Crippen molar-refractivity contribution in [3.05, 3.63) is 75.3 Å². The van der Waals surface area contributed by atoms with Crippen LogP contribution in [0.2, 0.25) is 5.02 Å². The zero-order valence-electron chi connectivity index (χ0n) is 18.4. The molecule has 0 radical (unpaired) electrons. The summed E-state index contributed by atoms with van der Waals surface area (Å²) in [6.45, 7) is 7.21. The highest BCUT2D eigenvalue weighted by molar-refractivity contribution is 6.31. The molecule has 0 amide bonds. The van der Waals surface area contributed by atoms with E-state index in [0.29, 0.717) is 37.8 Å². The maximum Gasteiger partial charge on any atom is 0.332 e. The van der Waals surface area contributed by atoms with Crippen LogP contribution in [-0.2, 0) is 11.4 Å².